The molecule has 8 heteroatoms. The lowest BCUT2D eigenvalue weighted by Crippen LogP contribution is -2.33. The largest absolute Gasteiger partial charge is 0.398 e. The van der Waals surface area contributed by atoms with Crippen LogP contribution in [-0.4, -0.2) is 20.7 Å². The third kappa shape index (κ3) is 4.10. The summed E-state index contributed by atoms with van der Waals surface area (Å²) in [6.45, 7) is 3.10. The summed E-state index contributed by atoms with van der Waals surface area (Å²) in [6.07, 6.45) is 2.70. The maximum Gasteiger partial charge on any atom is 0.251 e. The molecule has 0 unspecified atom stereocenters. The molecule has 1 aromatic heterocycles. The van der Waals surface area contributed by atoms with Crippen molar-refractivity contribution in [3.63, 3.8) is 0 Å². The van der Waals surface area contributed by atoms with E-state index in [-0.39, 0.29) is 11.3 Å². The molecule has 1 heterocycles. The molecule has 0 amide bonds. The Labute approximate surface area is 138 Å². The van der Waals surface area contributed by atoms with Crippen LogP contribution in [0.5, 0.6) is 0 Å². The Morgan fingerprint density at radius 1 is 1.43 bits per heavy atom. The van der Waals surface area contributed by atoms with Crippen LogP contribution in [0.1, 0.15) is 13.8 Å². The lowest BCUT2D eigenvalue weighted by atomic mass is 10.1. The van der Waals surface area contributed by atoms with Crippen molar-refractivity contribution in [2.24, 2.45) is 11.6 Å². The predicted octanol–water partition coefficient (Wildman–Crippen LogP) is 1.34. The van der Waals surface area contributed by atoms with E-state index in [0.717, 1.165) is 0 Å². The maximum absolute atomic E-state index is 11.5. The van der Waals surface area contributed by atoms with Gasteiger partial charge in [-0.25, -0.2) is 10.8 Å². The normalized spacial score (nSPS) is 12.3. The Morgan fingerprint density at radius 3 is 2.74 bits per heavy atom. The molecule has 122 valence electrons. The molecule has 0 atom stereocenters. The van der Waals surface area contributed by atoms with Crippen LogP contribution < -0.4 is 22.1 Å². The van der Waals surface area contributed by atoms with Gasteiger partial charge in [0.05, 0.1) is 29.0 Å². The highest BCUT2D eigenvalue weighted by molar-refractivity contribution is 6.31. The van der Waals surface area contributed by atoms with Crippen LogP contribution in [-0.2, 0) is 0 Å². The summed E-state index contributed by atoms with van der Waals surface area (Å²) in [5, 5.41) is 11.6. The zero-order valence-electron chi connectivity index (χ0n) is 12.7. The number of halogens is 1. The third-order valence-corrected chi connectivity index (χ3v) is 3.41. The summed E-state index contributed by atoms with van der Waals surface area (Å²) < 4.78 is 0. The van der Waals surface area contributed by atoms with E-state index in [2.05, 4.69) is 9.97 Å². The zero-order valence-corrected chi connectivity index (χ0v) is 13.5. The van der Waals surface area contributed by atoms with E-state index < -0.39 is 5.60 Å². The zero-order chi connectivity index (χ0) is 17.2. The van der Waals surface area contributed by atoms with Crippen molar-refractivity contribution in [1.29, 1.82) is 0 Å². The molecule has 0 saturated carbocycles. The van der Waals surface area contributed by atoms with E-state index >= 15 is 0 Å². The maximum atomic E-state index is 11.5. The van der Waals surface area contributed by atoms with Gasteiger partial charge >= 0.3 is 0 Å². The number of hydrogen-bond acceptors (Lipinski definition) is 6. The summed E-state index contributed by atoms with van der Waals surface area (Å²) >= 11 is 6.04. The lowest BCUT2D eigenvalue weighted by Gasteiger charge is -2.23. The Hall–Kier alpha value is -2.35. The number of H-pyrrole nitrogens is 1. The van der Waals surface area contributed by atoms with Crippen LogP contribution in [0.15, 0.2) is 47.3 Å². The minimum atomic E-state index is -1.22. The molecule has 23 heavy (non-hydrogen) atoms. The highest BCUT2D eigenvalue weighted by Gasteiger charge is 2.18. The Morgan fingerprint density at radius 2 is 2.13 bits per heavy atom. The molecule has 7 nitrogen and oxygen atoms in total. The number of nitrogens with zero attached hydrogens (tertiary/aromatic N) is 2. The first-order chi connectivity index (χ1) is 10.7. The second kappa shape index (κ2) is 6.41. The molecular formula is C15H18ClN5O2. The molecule has 0 aliphatic carbocycles. The molecule has 0 saturated heterocycles. The van der Waals surface area contributed by atoms with E-state index in [4.69, 9.17) is 23.2 Å². The SMILES string of the molecule is CC(C)(O)/C(N)=C/N(N)c1ccc(Cl)cc1-c1cc(=O)[nH]cn1. The van der Waals surface area contributed by atoms with Gasteiger partial charge in [0.25, 0.3) is 5.56 Å². The Bertz CT molecular complexity index is 795. The molecule has 0 fully saturated rings. The fourth-order valence-electron chi connectivity index (χ4n) is 1.83. The third-order valence-electron chi connectivity index (χ3n) is 3.18. The molecule has 0 spiro atoms. The van der Waals surface area contributed by atoms with Crippen LogP contribution in [0.2, 0.25) is 5.02 Å². The number of benzene rings is 1. The van der Waals surface area contributed by atoms with E-state index in [9.17, 15) is 9.90 Å². The molecule has 6 N–H and O–H groups in total. The summed E-state index contributed by atoms with van der Waals surface area (Å²) in [7, 11) is 0. The highest BCUT2D eigenvalue weighted by atomic mass is 35.5. The standard InChI is InChI=1S/C15H18ClN5O2/c1-15(2,23)13(17)7-21(18)12-4-3-9(16)5-10(12)11-6-14(22)20-8-19-11/h3-8,23H,17-18H2,1-2H3,(H,19,20,22)/b13-7-. The van der Waals surface area contributed by atoms with Gasteiger partial charge in [-0.3, -0.25) is 9.80 Å². The van der Waals surface area contributed by atoms with E-state index in [0.29, 0.717) is 22.0 Å². The van der Waals surface area contributed by atoms with Crippen LogP contribution in [0, 0.1) is 0 Å². The molecule has 2 aromatic rings. The number of anilines is 1. The van der Waals surface area contributed by atoms with Gasteiger partial charge in [0.2, 0.25) is 0 Å². The number of nitrogens with one attached hydrogen (secondary N) is 1. The number of rotatable bonds is 4. The molecule has 2 rings (SSSR count). The van der Waals surface area contributed by atoms with Crippen molar-refractivity contribution >= 4 is 17.3 Å². The van der Waals surface area contributed by atoms with Crippen LogP contribution in [0.3, 0.4) is 0 Å². The summed E-state index contributed by atoms with van der Waals surface area (Å²) in [4.78, 5) is 18.1. The fraction of sp³-hybridized carbons (Fsp3) is 0.200. The molecular weight excluding hydrogens is 318 g/mol. The summed E-state index contributed by atoms with van der Waals surface area (Å²) in [6, 6.07) is 6.31. The minimum absolute atomic E-state index is 0.180. The fourth-order valence-corrected chi connectivity index (χ4v) is 2.00. The van der Waals surface area contributed by atoms with Gasteiger partial charge in [0, 0.05) is 22.9 Å². The first-order valence-electron chi connectivity index (χ1n) is 6.77. The van der Waals surface area contributed by atoms with Gasteiger partial charge in [-0.15, -0.1) is 0 Å². The van der Waals surface area contributed by atoms with Gasteiger partial charge in [-0.05, 0) is 32.0 Å². The first kappa shape index (κ1) is 17.0. The monoisotopic (exact) mass is 335 g/mol. The van der Waals surface area contributed by atoms with Crippen molar-refractivity contribution in [1.82, 2.24) is 9.97 Å². The quantitative estimate of drug-likeness (QED) is 0.494. The summed E-state index contributed by atoms with van der Waals surface area (Å²) in [5.74, 6) is 6.03. The van der Waals surface area contributed by atoms with Gasteiger partial charge in [-0.1, -0.05) is 11.6 Å². The minimum Gasteiger partial charge on any atom is -0.398 e. The smallest absolute Gasteiger partial charge is 0.251 e. The Balaban J connectivity index is 2.54. The van der Waals surface area contributed by atoms with Crippen LogP contribution in [0.25, 0.3) is 11.3 Å². The topological polar surface area (TPSA) is 121 Å². The van der Waals surface area contributed by atoms with Gasteiger partial charge in [-0.2, -0.15) is 0 Å². The molecule has 1 aromatic carbocycles. The number of aromatic amines is 1. The van der Waals surface area contributed by atoms with Gasteiger partial charge in [0.15, 0.2) is 0 Å². The summed E-state index contributed by atoms with van der Waals surface area (Å²) in [5.41, 5.74) is 6.00. The van der Waals surface area contributed by atoms with E-state index in [1.807, 2.05) is 0 Å². The first-order valence-corrected chi connectivity index (χ1v) is 7.15. The van der Waals surface area contributed by atoms with Crippen molar-refractivity contribution in [2.45, 2.75) is 19.4 Å². The average Bonchev–Trinajstić information content (AvgIpc) is 2.46. The number of aliphatic hydroxyl groups is 1. The second-order valence-electron chi connectivity index (χ2n) is 5.51. The van der Waals surface area contributed by atoms with Crippen molar-refractivity contribution in [3.05, 3.63) is 57.9 Å². The lowest BCUT2D eigenvalue weighted by molar-refractivity contribution is 0.118. The average molecular weight is 336 g/mol. The molecule has 0 aliphatic heterocycles. The van der Waals surface area contributed by atoms with E-state index in [1.54, 1.807) is 32.0 Å². The van der Waals surface area contributed by atoms with Crippen molar-refractivity contribution < 1.29 is 5.11 Å². The number of nitrogens with two attached hydrogens (primary N) is 2. The number of hydrogen-bond donors (Lipinski definition) is 4. The predicted molar refractivity (Wildman–Crippen MR) is 90.5 cm³/mol. The van der Waals surface area contributed by atoms with Crippen molar-refractivity contribution in [3.8, 4) is 11.3 Å². The molecule has 0 radical (unpaired) electrons. The van der Waals surface area contributed by atoms with Gasteiger partial charge in [0.1, 0.15) is 0 Å². The van der Waals surface area contributed by atoms with Crippen LogP contribution >= 0.6 is 11.6 Å². The van der Waals surface area contributed by atoms with Gasteiger partial charge < -0.3 is 15.8 Å². The Kier molecular flexibility index (Phi) is 4.74. The van der Waals surface area contributed by atoms with Crippen molar-refractivity contribution in [2.75, 3.05) is 5.01 Å². The number of aromatic nitrogens is 2. The number of hydrazine groups is 1. The van der Waals surface area contributed by atoms with Crippen LogP contribution in [0.4, 0.5) is 5.69 Å². The highest BCUT2D eigenvalue weighted by Crippen LogP contribution is 2.31. The van der Waals surface area contributed by atoms with E-state index in [1.165, 1.54) is 23.6 Å². The molecule has 0 bridgehead atoms. The molecule has 0 aliphatic rings. The second-order valence-corrected chi connectivity index (χ2v) is 5.95.